The van der Waals surface area contributed by atoms with Crippen molar-refractivity contribution in [2.45, 2.75) is 4.90 Å². The van der Waals surface area contributed by atoms with E-state index in [0.717, 1.165) is 6.26 Å². The van der Waals surface area contributed by atoms with E-state index in [9.17, 15) is 8.42 Å². The number of hydrogen-bond acceptors (Lipinski definition) is 5. The smallest absolute Gasteiger partial charge is 0.175 e. The molecule has 0 amide bonds. The lowest BCUT2D eigenvalue weighted by Gasteiger charge is -2.09. The van der Waals surface area contributed by atoms with Crippen LogP contribution in [0.3, 0.4) is 0 Å². The van der Waals surface area contributed by atoms with Crippen molar-refractivity contribution in [1.82, 2.24) is 4.98 Å². The maximum Gasteiger partial charge on any atom is 0.175 e. The summed E-state index contributed by atoms with van der Waals surface area (Å²) >= 11 is 5.78. The molecule has 0 radical (unpaired) electrons. The molecular formula is C12H11ClN2O3S. The van der Waals surface area contributed by atoms with Crippen LogP contribution in [0.5, 0.6) is 11.5 Å². The zero-order valence-corrected chi connectivity index (χ0v) is 11.6. The van der Waals surface area contributed by atoms with Crippen LogP contribution in [0.15, 0.2) is 41.6 Å². The van der Waals surface area contributed by atoms with Gasteiger partial charge in [-0.25, -0.2) is 8.42 Å². The second-order valence-electron chi connectivity index (χ2n) is 3.91. The van der Waals surface area contributed by atoms with Crippen LogP contribution < -0.4 is 10.5 Å². The van der Waals surface area contributed by atoms with Crippen molar-refractivity contribution in [2.75, 3.05) is 12.0 Å². The molecule has 19 heavy (non-hydrogen) atoms. The quantitative estimate of drug-likeness (QED) is 0.880. The minimum absolute atomic E-state index is 0.140. The monoisotopic (exact) mass is 298 g/mol. The molecule has 0 atom stereocenters. The number of nitrogens with zero attached hydrogens (tertiary/aromatic N) is 1. The number of nitrogens with two attached hydrogens (primary N) is 1. The third-order valence-electron chi connectivity index (χ3n) is 2.32. The first-order valence-corrected chi connectivity index (χ1v) is 7.51. The summed E-state index contributed by atoms with van der Waals surface area (Å²) in [5.74, 6) is 0.766. The molecule has 1 aromatic heterocycles. The molecular weight excluding hydrogens is 288 g/mol. The van der Waals surface area contributed by atoms with Gasteiger partial charge >= 0.3 is 0 Å². The van der Waals surface area contributed by atoms with Gasteiger partial charge in [0.1, 0.15) is 11.5 Å². The maximum absolute atomic E-state index is 11.4. The van der Waals surface area contributed by atoms with Crippen LogP contribution in [-0.2, 0) is 9.84 Å². The highest BCUT2D eigenvalue weighted by atomic mass is 35.5. The average Bonchev–Trinajstić information content (AvgIpc) is 2.30. The Morgan fingerprint density at radius 2 is 2.00 bits per heavy atom. The number of aromatic nitrogens is 1. The predicted octanol–water partition coefficient (Wildman–Crippen LogP) is 2.51. The number of rotatable bonds is 3. The maximum atomic E-state index is 11.4. The van der Waals surface area contributed by atoms with E-state index in [2.05, 4.69) is 4.98 Å². The Bertz CT molecular complexity index is 717. The topological polar surface area (TPSA) is 82.3 Å². The normalized spacial score (nSPS) is 11.3. The van der Waals surface area contributed by atoms with Gasteiger partial charge in [0.25, 0.3) is 0 Å². The molecule has 0 aliphatic heterocycles. The van der Waals surface area contributed by atoms with Crippen molar-refractivity contribution in [1.29, 1.82) is 0 Å². The molecule has 5 nitrogen and oxygen atoms in total. The molecule has 2 N–H and O–H groups in total. The minimum Gasteiger partial charge on any atom is -0.454 e. The fourth-order valence-corrected chi connectivity index (χ4v) is 2.25. The van der Waals surface area contributed by atoms with Gasteiger partial charge in [0, 0.05) is 18.5 Å². The third kappa shape index (κ3) is 3.36. The number of ether oxygens (including phenoxy) is 1. The minimum atomic E-state index is -3.29. The van der Waals surface area contributed by atoms with Gasteiger partial charge in [-0.05, 0) is 18.2 Å². The van der Waals surface area contributed by atoms with Gasteiger partial charge in [0.05, 0.1) is 21.8 Å². The molecule has 0 bridgehead atoms. The Labute approximate surface area is 115 Å². The highest BCUT2D eigenvalue weighted by Crippen LogP contribution is 2.30. The molecule has 0 saturated heterocycles. The molecule has 0 aliphatic carbocycles. The van der Waals surface area contributed by atoms with Gasteiger partial charge < -0.3 is 10.5 Å². The molecule has 1 heterocycles. The summed E-state index contributed by atoms with van der Waals surface area (Å²) < 4.78 is 28.2. The summed E-state index contributed by atoms with van der Waals surface area (Å²) in [4.78, 5) is 4.01. The van der Waals surface area contributed by atoms with Crippen LogP contribution in [0.1, 0.15) is 0 Å². The fourth-order valence-electron chi connectivity index (χ4n) is 1.43. The van der Waals surface area contributed by atoms with E-state index in [-0.39, 0.29) is 10.6 Å². The number of hydrogen-bond donors (Lipinski definition) is 1. The zero-order valence-electron chi connectivity index (χ0n) is 10.00. The lowest BCUT2D eigenvalue weighted by atomic mass is 10.3. The Morgan fingerprint density at radius 1 is 1.26 bits per heavy atom. The lowest BCUT2D eigenvalue weighted by Crippen LogP contribution is -2.00. The van der Waals surface area contributed by atoms with Crippen molar-refractivity contribution in [3.63, 3.8) is 0 Å². The molecule has 0 spiro atoms. The van der Waals surface area contributed by atoms with E-state index in [1.807, 2.05) is 0 Å². The summed E-state index contributed by atoms with van der Waals surface area (Å²) in [5, 5.41) is 0.434. The predicted molar refractivity (Wildman–Crippen MR) is 73.3 cm³/mol. The van der Waals surface area contributed by atoms with Crippen molar-refractivity contribution >= 4 is 27.1 Å². The van der Waals surface area contributed by atoms with E-state index in [1.54, 1.807) is 6.07 Å². The Morgan fingerprint density at radius 3 is 2.58 bits per heavy atom. The van der Waals surface area contributed by atoms with E-state index >= 15 is 0 Å². The van der Waals surface area contributed by atoms with Crippen molar-refractivity contribution in [3.05, 3.63) is 41.7 Å². The molecule has 0 saturated carbocycles. The number of benzene rings is 1. The number of nitrogen functional groups attached to an aromatic ring is 1. The summed E-state index contributed by atoms with van der Waals surface area (Å²) in [6, 6.07) is 5.85. The largest absolute Gasteiger partial charge is 0.454 e. The first-order chi connectivity index (χ1) is 8.86. The number of halogens is 1. The third-order valence-corrected chi connectivity index (χ3v) is 3.63. The van der Waals surface area contributed by atoms with Crippen LogP contribution in [0, 0.1) is 0 Å². The molecule has 0 unspecified atom stereocenters. The van der Waals surface area contributed by atoms with E-state index in [0.29, 0.717) is 16.5 Å². The van der Waals surface area contributed by atoms with Crippen LogP contribution in [0.25, 0.3) is 0 Å². The molecule has 0 aliphatic rings. The lowest BCUT2D eigenvalue weighted by molar-refractivity contribution is 0.482. The Balaban J connectivity index is 2.32. The summed E-state index contributed by atoms with van der Waals surface area (Å²) in [6.07, 6.45) is 4.07. The Kier molecular flexibility index (Phi) is 3.64. The van der Waals surface area contributed by atoms with Crippen molar-refractivity contribution < 1.29 is 13.2 Å². The van der Waals surface area contributed by atoms with Crippen molar-refractivity contribution in [2.24, 2.45) is 0 Å². The van der Waals surface area contributed by atoms with E-state index in [1.165, 1.54) is 30.6 Å². The van der Waals surface area contributed by atoms with Gasteiger partial charge in [-0.15, -0.1) is 0 Å². The second-order valence-corrected chi connectivity index (χ2v) is 6.36. The van der Waals surface area contributed by atoms with E-state index in [4.69, 9.17) is 22.1 Å². The molecule has 1 aromatic carbocycles. The molecule has 2 rings (SSSR count). The SMILES string of the molecule is CS(=O)(=O)c1ccc(Oc2cncc(Cl)c2)c(N)c1. The summed E-state index contributed by atoms with van der Waals surface area (Å²) in [6.45, 7) is 0. The first-order valence-electron chi connectivity index (χ1n) is 5.24. The fraction of sp³-hybridized carbons (Fsp3) is 0.0833. The highest BCUT2D eigenvalue weighted by Gasteiger charge is 2.10. The van der Waals surface area contributed by atoms with Crippen LogP contribution in [-0.4, -0.2) is 19.7 Å². The van der Waals surface area contributed by atoms with Gasteiger partial charge in [-0.3, -0.25) is 4.98 Å². The standard InChI is InChI=1S/C12H11ClN2O3S/c1-19(16,17)10-2-3-12(11(14)5-10)18-9-4-8(13)6-15-7-9/h2-7H,14H2,1H3. The van der Waals surface area contributed by atoms with Gasteiger partial charge in [-0.2, -0.15) is 0 Å². The van der Waals surface area contributed by atoms with Crippen LogP contribution in [0.2, 0.25) is 5.02 Å². The molecule has 2 aromatic rings. The Hall–Kier alpha value is -1.79. The molecule has 100 valence electrons. The number of anilines is 1. The van der Waals surface area contributed by atoms with E-state index < -0.39 is 9.84 Å². The van der Waals surface area contributed by atoms with Crippen LogP contribution >= 0.6 is 11.6 Å². The second kappa shape index (κ2) is 5.07. The highest BCUT2D eigenvalue weighted by molar-refractivity contribution is 7.90. The summed E-state index contributed by atoms with van der Waals surface area (Å²) in [7, 11) is -3.29. The molecule has 0 fully saturated rings. The van der Waals surface area contributed by atoms with Crippen molar-refractivity contribution in [3.8, 4) is 11.5 Å². The van der Waals surface area contributed by atoms with Gasteiger partial charge in [0.15, 0.2) is 9.84 Å². The van der Waals surface area contributed by atoms with Gasteiger partial charge in [-0.1, -0.05) is 11.6 Å². The van der Waals surface area contributed by atoms with Gasteiger partial charge in [0.2, 0.25) is 0 Å². The number of sulfone groups is 1. The zero-order chi connectivity index (χ0) is 14.0. The average molecular weight is 299 g/mol. The number of pyridine rings is 1. The molecule has 7 heteroatoms. The van der Waals surface area contributed by atoms with Crippen LogP contribution in [0.4, 0.5) is 5.69 Å². The summed E-state index contributed by atoms with van der Waals surface area (Å²) in [5.41, 5.74) is 5.99. The first kappa shape index (κ1) is 13.6.